The van der Waals surface area contributed by atoms with Gasteiger partial charge in [0, 0.05) is 19.1 Å². The SMILES string of the molecule is CC1CCN(C(=O)c2ccco2)CC1N. The number of carbonyl (C=O) groups is 1. The van der Waals surface area contributed by atoms with Crippen LogP contribution in [0, 0.1) is 5.92 Å². The number of nitrogens with two attached hydrogens (primary N) is 1. The fraction of sp³-hybridized carbons (Fsp3) is 0.545. The van der Waals surface area contributed by atoms with E-state index >= 15 is 0 Å². The van der Waals surface area contributed by atoms with E-state index in [1.807, 2.05) is 0 Å². The highest BCUT2D eigenvalue weighted by atomic mass is 16.3. The first-order valence-electron chi connectivity index (χ1n) is 5.27. The third-order valence-electron chi connectivity index (χ3n) is 3.04. The van der Waals surface area contributed by atoms with Crippen LogP contribution in [0.3, 0.4) is 0 Å². The van der Waals surface area contributed by atoms with Gasteiger partial charge in [0.15, 0.2) is 5.76 Å². The Labute approximate surface area is 89.0 Å². The van der Waals surface area contributed by atoms with Gasteiger partial charge in [0.05, 0.1) is 6.26 Å². The van der Waals surface area contributed by atoms with E-state index in [4.69, 9.17) is 10.2 Å². The van der Waals surface area contributed by atoms with Crippen LogP contribution in [0.4, 0.5) is 0 Å². The summed E-state index contributed by atoms with van der Waals surface area (Å²) in [5.41, 5.74) is 5.94. The zero-order chi connectivity index (χ0) is 10.8. The van der Waals surface area contributed by atoms with Gasteiger partial charge < -0.3 is 15.1 Å². The van der Waals surface area contributed by atoms with E-state index in [0.29, 0.717) is 18.2 Å². The molecule has 0 aliphatic carbocycles. The predicted molar refractivity (Wildman–Crippen MR) is 56.4 cm³/mol. The maximum atomic E-state index is 11.9. The Bertz CT molecular complexity index is 334. The lowest BCUT2D eigenvalue weighted by molar-refractivity contribution is 0.0640. The molecule has 82 valence electrons. The Balaban J connectivity index is 2.03. The predicted octanol–water partition coefficient (Wildman–Crippen LogP) is 1.09. The molecule has 2 atom stereocenters. The second kappa shape index (κ2) is 4.06. The first kappa shape index (κ1) is 10.2. The molecule has 0 saturated carbocycles. The van der Waals surface area contributed by atoms with E-state index in [9.17, 15) is 4.79 Å². The molecule has 2 rings (SSSR count). The van der Waals surface area contributed by atoms with Crippen LogP contribution < -0.4 is 5.73 Å². The van der Waals surface area contributed by atoms with Crippen molar-refractivity contribution >= 4 is 5.91 Å². The highest BCUT2D eigenvalue weighted by Gasteiger charge is 2.27. The third kappa shape index (κ3) is 2.04. The van der Waals surface area contributed by atoms with Gasteiger partial charge in [-0.2, -0.15) is 0 Å². The first-order chi connectivity index (χ1) is 7.18. The molecule has 1 saturated heterocycles. The Morgan fingerprint density at radius 3 is 3.07 bits per heavy atom. The molecule has 0 aromatic carbocycles. The number of piperidine rings is 1. The molecule has 4 heteroatoms. The fourth-order valence-electron chi connectivity index (χ4n) is 1.84. The van der Waals surface area contributed by atoms with Crippen molar-refractivity contribution < 1.29 is 9.21 Å². The van der Waals surface area contributed by atoms with Crippen molar-refractivity contribution in [2.45, 2.75) is 19.4 Å². The summed E-state index contributed by atoms with van der Waals surface area (Å²) in [6, 6.07) is 3.49. The average molecular weight is 208 g/mol. The minimum Gasteiger partial charge on any atom is -0.459 e. The number of hydrogen-bond acceptors (Lipinski definition) is 3. The first-order valence-corrected chi connectivity index (χ1v) is 5.27. The van der Waals surface area contributed by atoms with E-state index in [2.05, 4.69) is 6.92 Å². The molecule has 1 aromatic rings. The van der Waals surface area contributed by atoms with Gasteiger partial charge in [0.1, 0.15) is 0 Å². The van der Waals surface area contributed by atoms with Crippen molar-refractivity contribution in [2.75, 3.05) is 13.1 Å². The molecule has 2 unspecified atom stereocenters. The Morgan fingerprint density at radius 1 is 1.67 bits per heavy atom. The summed E-state index contributed by atoms with van der Waals surface area (Å²) in [5.74, 6) is 0.838. The molecule has 2 N–H and O–H groups in total. The summed E-state index contributed by atoms with van der Waals surface area (Å²) in [5, 5.41) is 0. The molecule has 15 heavy (non-hydrogen) atoms. The quantitative estimate of drug-likeness (QED) is 0.751. The van der Waals surface area contributed by atoms with Crippen molar-refractivity contribution in [3.63, 3.8) is 0 Å². The number of carbonyl (C=O) groups excluding carboxylic acids is 1. The highest BCUT2D eigenvalue weighted by molar-refractivity contribution is 5.91. The summed E-state index contributed by atoms with van der Waals surface area (Å²) >= 11 is 0. The van der Waals surface area contributed by atoms with Gasteiger partial charge in [-0.1, -0.05) is 6.92 Å². The van der Waals surface area contributed by atoms with Crippen LogP contribution in [0.15, 0.2) is 22.8 Å². The van der Waals surface area contributed by atoms with Crippen molar-refractivity contribution in [3.05, 3.63) is 24.2 Å². The number of rotatable bonds is 1. The zero-order valence-corrected chi connectivity index (χ0v) is 8.85. The van der Waals surface area contributed by atoms with E-state index in [-0.39, 0.29) is 11.9 Å². The summed E-state index contributed by atoms with van der Waals surface area (Å²) in [6.07, 6.45) is 2.48. The number of amides is 1. The summed E-state index contributed by atoms with van der Waals surface area (Å²) in [7, 11) is 0. The Kier molecular flexibility index (Phi) is 2.77. The van der Waals surface area contributed by atoms with Gasteiger partial charge in [-0.05, 0) is 24.5 Å². The summed E-state index contributed by atoms with van der Waals surface area (Å²) in [6.45, 7) is 3.52. The Hall–Kier alpha value is -1.29. The topological polar surface area (TPSA) is 59.5 Å². The smallest absolute Gasteiger partial charge is 0.289 e. The zero-order valence-electron chi connectivity index (χ0n) is 8.85. The highest BCUT2D eigenvalue weighted by Crippen LogP contribution is 2.17. The third-order valence-corrected chi connectivity index (χ3v) is 3.04. The average Bonchev–Trinajstić information content (AvgIpc) is 2.74. The van der Waals surface area contributed by atoms with Crippen molar-refractivity contribution in [1.82, 2.24) is 4.90 Å². The lowest BCUT2D eigenvalue weighted by Gasteiger charge is -2.34. The molecule has 0 spiro atoms. The van der Waals surface area contributed by atoms with Crippen LogP contribution >= 0.6 is 0 Å². The van der Waals surface area contributed by atoms with Gasteiger partial charge in [-0.25, -0.2) is 0 Å². The van der Waals surface area contributed by atoms with Gasteiger partial charge in [-0.15, -0.1) is 0 Å². The van der Waals surface area contributed by atoms with Crippen LogP contribution in [0.5, 0.6) is 0 Å². The van der Waals surface area contributed by atoms with Crippen LogP contribution in [-0.2, 0) is 0 Å². The molecule has 1 aliphatic heterocycles. The molecular weight excluding hydrogens is 192 g/mol. The van der Waals surface area contributed by atoms with Crippen molar-refractivity contribution in [1.29, 1.82) is 0 Å². The molecule has 1 aliphatic rings. The standard InChI is InChI=1S/C11H16N2O2/c1-8-4-5-13(7-9(8)12)11(14)10-3-2-6-15-10/h2-3,6,8-9H,4-5,7,12H2,1H3. The molecular formula is C11H16N2O2. The lowest BCUT2D eigenvalue weighted by Crippen LogP contribution is -2.49. The number of nitrogens with zero attached hydrogens (tertiary/aromatic N) is 1. The van der Waals surface area contributed by atoms with Crippen LogP contribution in [0.1, 0.15) is 23.9 Å². The van der Waals surface area contributed by atoms with Crippen LogP contribution in [0.2, 0.25) is 0 Å². The second-order valence-electron chi connectivity index (χ2n) is 4.16. The summed E-state index contributed by atoms with van der Waals surface area (Å²) in [4.78, 5) is 13.7. The normalized spacial score (nSPS) is 26.7. The molecule has 1 fully saturated rings. The molecule has 1 amide bonds. The molecule has 2 heterocycles. The van der Waals surface area contributed by atoms with Crippen molar-refractivity contribution in [3.8, 4) is 0 Å². The van der Waals surface area contributed by atoms with Gasteiger partial charge in [0.2, 0.25) is 0 Å². The number of hydrogen-bond donors (Lipinski definition) is 1. The minimum absolute atomic E-state index is 0.0534. The Morgan fingerprint density at radius 2 is 2.47 bits per heavy atom. The van der Waals surface area contributed by atoms with E-state index < -0.39 is 0 Å². The van der Waals surface area contributed by atoms with E-state index in [1.54, 1.807) is 17.0 Å². The molecule has 1 aromatic heterocycles. The largest absolute Gasteiger partial charge is 0.459 e. The van der Waals surface area contributed by atoms with Crippen LogP contribution in [0.25, 0.3) is 0 Å². The number of furan rings is 1. The second-order valence-corrected chi connectivity index (χ2v) is 4.16. The fourth-order valence-corrected chi connectivity index (χ4v) is 1.84. The molecule has 4 nitrogen and oxygen atoms in total. The van der Waals surface area contributed by atoms with Crippen molar-refractivity contribution in [2.24, 2.45) is 11.7 Å². The minimum atomic E-state index is -0.0534. The molecule has 0 radical (unpaired) electrons. The maximum Gasteiger partial charge on any atom is 0.289 e. The van der Waals surface area contributed by atoms with E-state index in [0.717, 1.165) is 13.0 Å². The maximum absolute atomic E-state index is 11.9. The van der Waals surface area contributed by atoms with Gasteiger partial charge in [-0.3, -0.25) is 4.79 Å². The van der Waals surface area contributed by atoms with E-state index in [1.165, 1.54) is 6.26 Å². The monoisotopic (exact) mass is 208 g/mol. The summed E-state index contributed by atoms with van der Waals surface area (Å²) < 4.78 is 5.08. The molecule has 0 bridgehead atoms. The van der Waals surface area contributed by atoms with Gasteiger partial charge >= 0.3 is 0 Å². The lowest BCUT2D eigenvalue weighted by atomic mass is 9.94. The van der Waals surface area contributed by atoms with Crippen LogP contribution in [-0.4, -0.2) is 29.9 Å². The van der Waals surface area contributed by atoms with Gasteiger partial charge in [0.25, 0.3) is 5.91 Å². The number of likely N-dealkylation sites (tertiary alicyclic amines) is 1.